The summed E-state index contributed by atoms with van der Waals surface area (Å²) in [5.41, 5.74) is 3.36. The maximum Gasteiger partial charge on any atom is 0.241 e. The third kappa shape index (κ3) is 2.58. The van der Waals surface area contributed by atoms with Crippen molar-refractivity contribution < 1.29 is 9.59 Å². The van der Waals surface area contributed by atoms with E-state index in [0.29, 0.717) is 22.6 Å². The molecule has 3 aromatic rings. The van der Waals surface area contributed by atoms with E-state index < -0.39 is 0 Å². The lowest BCUT2D eigenvalue weighted by Gasteiger charge is -2.23. The van der Waals surface area contributed by atoms with Gasteiger partial charge in [-0.3, -0.25) is 14.5 Å². The summed E-state index contributed by atoms with van der Waals surface area (Å²) in [7, 11) is 0. The molecular weight excluding hydrogens is 326 g/mol. The zero-order valence-electron chi connectivity index (χ0n) is 14.1. The molecule has 2 amide bonds. The van der Waals surface area contributed by atoms with E-state index in [1.165, 1.54) is 4.90 Å². The Morgan fingerprint density at radius 3 is 2.73 bits per heavy atom. The summed E-state index contributed by atoms with van der Waals surface area (Å²) in [4.78, 5) is 26.5. The van der Waals surface area contributed by atoms with Gasteiger partial charge in [-0.05, 0) is 36.6 Å². The van der Waals surface area contributed by atoms with E-state index in [4.69, 9.17) is 5.26 Å². The molecule has 3 aromatic carbocycles. The van der Waals surface area contributed by atoms with Crippen molar-refractivity contribution in [1.82, 2.24) is 0 Å². The van der Waals surface area contributed by atoms with Crippen molar-refractivity contribution in [2.24, 2.45) is 0 Å². The van der Waals surface area contributed by atoms with Crippen molar-refractivity contribution in [2.45, 2.75) is 13.3 Å². The number of hydrogen-bond donors (Lipinski definition) is 1. The molecule has 1 N–H and O–H groups in total. The molecule has 0 aromatic heterocycles. The quantitative estimate of drug-likeness (QED) is 0.679. The molecule has 0 atom stereocenters. The second-order valence-electron chi connectivity index (χ2n) is 6.30. The van der Waals surface area contributed by atoms with Gasteiger partial charge >= 0.3 is 0 Å². The first kappa shape index (κ1) is 15.9. The predicted molar refractivity (Wildman–Crippen MR) is 100 cm³/mol. The molecule has 126 valence electrons. The number of hydrogen-bond acceptors (Lipinski definition) is 3. The number of anilines is 3. The third-order valence-corrected chi connectivity index (χ3v) is 4.45. The fourth-order valence-corrected chi connectivity index (χ4v) is 3.29. The lowest BCUT2D eigenvalue weighted by atomic mass is 10.0. The van der Waals surface area contributed by atoms with E-state index in [9.17, 15) is 9.59 Å². The summed E-state index contributed by atoms with van der Waals surface area (Å²) in [6.45, 7) is 2.01. The lowest BCUT2D eigenvalue weighted by molar-refractivity contribution is -0.124. The van der Waals surface area contributed by atoms with E-state index in [1.54, 1.807) is 24.3 Å². The van der Waals surface area contributed by atoms with Crippen LogP contribution in [0.15, 0.2) is 54.6 Å². The van der Waals surface area contributed by atoms with Crippen LogP contribution in [0.3, 0.4) is 0 Å². The minimum absolute atomic E-state index is 0.251. The molecule has 0 fully saturated rings. The van der Waals surface area contributed by atoms with Crippen molar-refractivity contribution in [3.63, 3.8) is 0 Å². The average Bonchev–Trinajstić information content (AvgIpc) is 2.76. The first-order valence-corrected chi connectivity index (χ1v) is 8.23. The smallest absolute Gasteiger partial charge is 0.241 e. The molecule has 1 aliphatic heterocycles. The Bertz CT molecular complexity index is 1110. The Kier molecular flexibility index (Phi) is 3.67. The molecule has 0 aliphatic carbocycles. The first-order valence-electron chi connectivity index (χ1n) is 8.23. The highest BCUT2D eigenvalue weighted by Gasteiger charge is 2.28. The van der Waals surface area contributed by atoms with Crippen LogP contribution in [0, 0.1) is 18.3 Å². The number of carbonyl (C=O) groups is 2. The number of carbonyl (C=O) groups excluding carboxylic acids is 2. The van der Waals surface area contributed by atoms with Crippen LogP contribution in [0.2, 0.25) is 0 Å². The lowest BCUT2D eigenvalue weighted by Crippen LogP contribution is -2.26. The molecule has 26 heavy (non-hydrogen) atoms. The van der Waals surface area contributed by atoms with Crippen molar-refractivity contribution in [2.75, 3.05) is 10.2 Å². The summed E-state index contributed by atoms with van der Waals surface area (Å²) in [6, 6.07) is 18.6. The summed E-state index contributed by atoms with van der Waals surface area (Å²) in [6.07, 6.45) is -0.251. The molecule has 5 heteroatoms. The van der Waals surface area contributed by atoms with Crippen molar-refractivity contribution in [1.29, 1.82) is 5.26 Å². The Hall–Kier alpha value is -3.65. The summed E-state index contributed by atoms with van der Waals surface area (Å²) in [5, 5.41) is 13.9. The van der Waals surface area contributed by atoms with Gasteiger partial charge in [0.25, 0.3) is 0 Å². The van der Waals surface area contributed by atoms with Crippen LogP contribution < -0.4 is 10.2 Å². The SMILES string of the molecule is Cc1ccc2c3c(ccc2c1)N(c1cccc(C#N)c1)C(=O)CC(=O)N3. The van der Waals surface area contributed by atoms with Crippen LogP contribution in [-0.2, 0) is 9.59 Å². The number of nitrogens with zero attached hydrogens (tertiary/aromatic N) is 2. The Morgan fingerprint density at radius 1 is 1.08 bits per heavy atom. The number of fused-ring (bicyclic) bond motifs is 3. The molecule has 0 saturated carbocycles. The highest BCUT2D eigenvalue weighted by molar-refractivity contribution is 6.21. The minimum Gasteiger partial charge on any atom is -0.323 e. The van der Waals surface area contributed by atoms with Crippen LogP contribution >= 0.6 is 0 Å². The molecule has 0 spiro atoms. The van der Waals surface area contributed by atoms with Crippen LogP contribution in [-0.4, -0.2) is 11.8 Å². The van der Waals surface area contributed by atoms with E-state index in [1.807, 2.05) is 37.3 Å². The average molecular weight is 341 g/mol. The van der Waals surface area contributed by atoms with Gasteiger partial charge in [-0.15, -0.1) is 0 Å². The van der Waals surface area contributed by atoms with E-state index in [0.717, 1.165) is 16.3 Å². The fraction of sp³-hybridized carbons (Fsp3) is 0.0952. The standard InChI is InChI=1S/C21H15N3O2/c1-13-5-7-17-15(9-13)6-8-18-21(17)23-19(25)11-20(26)24(18)16-4-2-3-14(10-16)12-22/h2-10H,11H2,1H3,(H,23,25). The maximum absolute atomic E-state index is 12.8. The van der Waals surface area contributed by atoms with Gasteiger partial charge in [0.2, 0.25) is 11.8 Å². The van der Waals surface area contributed by atoms with Crippen LogP contribution in [0.25, 0.3) is 10.8 Å². The zero-order valence-corrected chi connectivity index (χ0v) is 14.1. The Morgan fingerprint density at radius 2 is 1.92 bits per heavy atom. The van der Waals surface area contributed by atoms with E-state index in [-0.39, 0.29) is 18.2 Å². The number of nitriles is 1. The van der Waals surface area contributed by atoms with Gasteiger partial charge in [-0.1, -0.05) is 35.9 Å². The predicted octanol–water partition coefficient (Wildman–Crippen LogP) is 4.03. The third-order valence-electron chi connectivity index (χ3n) is 4.45. The normalized spacial score (nSPS) is 13.8. The van der Waals surface area contributed by atoms with Crippen molar-refractivity contribution in [3.8, 4) is 6.07 Å². The summed E-state index contributed by atoms with van der Waals surface area (Å²) < 4.78 is 0. The van der Waals surface area contributed by atoms with Crippen molar-refractivity contribution >= 4 is 39.6 Å². The van der Waals surface area contributed by atoms with E-state index in [2.05, 4.69) is 11.4 Å². The fourth-order valence-electron chi connectivity index (χ4n) is 3.29. The highest BCUT2D eigenvalue weighted by atomic mass is 16.2. The van der Waals surface area contributed by atoms with Crippen LogP contribution in [0.1, 0.15) is 17.5 Å². The Labute approximate surface area is 150 Å². The van der Waals surface area contributed by atoms with Gasteiger partial charge in [0.1, 0.15) is 6.42 Å². The Balaban J connectivity index is 1.99. The molecule has 4 rings (SSSR count). The molecule has 0 bridgehead atoms. The topological polar surface area (TPSA) is 73.2 Å². The second kappa shape index (κ2) is 6.01. The second-order valence-corrected chi connectivity index (χ2v) is 6.30. The maximum atomic E-state index is 12.8. The molecule has 0 saturated heterocycles. The van der Waals surface area contributed by atoms with Gasteiger partial charge in [-0.2, -0.15) is 5.26 Å². The van der Waals surface area contributed by atoms with Crippen LogP contribution in [0.5, 0.6) is 0 Å². The summed E-state index contributed by atoms with van der Waals surface area (Å²) in [5.74, 6) is -0.675. The van der Waals surface area contributed by atoms with Gasteiger partial charge in [0.05, 0.1) is 28.7 Å². The number of benzene rings is 3. The van der Waals surface area contributed by atoms with Crippen LogP contribution in [0.4, 0.5) is 17.1 Å². The number of rotatable bonds is 1. The molecule has 5 nitrogen and oxygen atoms in total. The highest BCUT2D eigenvalue weighted by Crippen LogP contribution is 2.40. The number of aryl methyl sites for hydroxylation is 1. The molecule has 0 unspecified atom stereocenters. The van der Waals surface area contributed by atoms with Gasteiger partial charge in [-0.25, -0.2) is 0 Å². The number of amides is 2. The monoisotopic (exact) mass is 341 g/mol. The first-order chi connectivity index (χ1) is 12.6. The molecule has 1 heterocycles. The largest absolute Gasteiger partial charge is 0.323 e. The molecule has 0 radical (unpaired) electrons. The van der Waals surface area contributed by atoms with E-state index >= 15 is 0 Å². The van der Waals surface area contributed by atoms with Gasteiger partial charge in [0.15, 0.2) is 0 Å². The zero-order chi connectivity index (χ0) is 18.3. The van der Waals surface area contributed by atoms with Crippen molar-refractivity contribution in [3.05, 3.63) is 65.7 Å². The molecule has 1 aliphatic rings. The summed E-state index contributed by atoms with van der Waals surface area (Å²) >= 11 is 0. The number of nitrogens with one attached hydrogen (secondary N) is 1. The minimum atomic E-state index is -0.344. The van der Waals surface area contributed by atoms with Gasteiger partial charge in [0, 0.05) is 5.39 Å². The van der Waals surface area contributed by atoms with Gasteiger partial charge < -0.3 is 5.32 Å². The molecular formula is C21H15N3O2.